The van der Waals surface area contributed by atoms with Crippen molar-refractivity contribution in [2.24, 2.45) is 0 Å². The first kappa shape index (κ1) is 13.6. The van der Waals surface area contributed by atoms with E-state index < -0.39 is 5.97 Å². The molecule has 0 fully saturated rings. The van der Waals surface area contributed by atoms with Gasteiger partial charge < -0.3 is 10.0 Å². The molecule has 0 saturated carbocycles. The summed E-state index contributed by atoms with van der Waals surface area (Å²) in [7, 11) is 1.96. The van der Waals surface area contributed by atoms with E-state index in [-0.39, 0.29) is 5.54 Å². The van der Waals surface area contributed by atoms with Crippen LogP contribution < -0.4 is 4.90 Å². The van der Waals surface area contributed by atoms with E-state index in [0.29, 0.717) is 5.56 Å². The third kappa shape index (κ3) is 2.60. The molecule has 0 unspecified atom stereocenters. The third-order valence-corrected chi connectivity index (χ3v) is 3.58. The molecule has 0 saturated heterocycles. The fraction of sp³-hybridized carbons (Fsp3) is 0.500. The average Bonchev–Trinajstić information content (AvgIpc) is 2.27. The Morgan fingerprint density at radius 1 is 1.41 bits per heavy atom. The number of aromatic carboxylic acids is 1. The molecule has 0 spiro atoms. The van der Waals surface area contributed by atoms with Crippen LogP contribution in [0, 0.1) is 6.92 Å². The number of benzene rings is 1. The molecule has 1 rings (SSSR count). The molecule has 1 aromatic carbocycles. The average molecular weight is 235 g/mol. The van der Waals surface area contributed by atoms with Crippen molar-refractivity contribution < 1.29 is 9.90 Å². The van der Waals surface area contributed by atoms with Crippen molar-refractivity contribution in [3.8, 4) is 0 Å². The molecular formula is C14H21NO2. The molecule has 1 N–H and O–H groups in total. The Balaban J connectivity index is 3.34. The first-order valence-corrected chi connectivity index (χ1v) is 5.88. The molecule has 0 radical (unpaired) electrons. The van der Waals surface area contributed by atoms with Crippen LogP contribution in [0.15, 0.2) is 18.2 Å². The zero-order valence-corrected chi connectivity index (χ0v) is 11.2. The van der Waals surface area contributed by atoms with Gasteiger partial charge in [0.2, 0.25) is 0 Å². The first-order valence-electron chi connectivity index (χ1n) is 5.88. The molecule has 0 aliphatic rings. The Labute approximate surface area is 103 Å². The second-order valence-corrected chi connectivity index (χ2v) is 5.00. The van der Waals surface area contributed by atoms with E-state index in [2.05, 4.69) is 25.7 Å². The minimum absolute atomic E-state index is 0.0592. The minimum atomic E-state index is -0.873. The number of hydrogen-bond donors (Lipinski definition) is 1. The lowest BCUT2D eigenvalue weighted by molar-refractivity contribution is 0.0697. The maximum atomic E-state index is 11.3. The Morgan fingerprint density at radius 2 is 2.00 bits per heavy atom. The van der Waals surface area contributed by atoms with Crippen molar-refractivity contribution >= 4 is 11.7 Å². The predicted octanol–water partition coefficient (Wildman–Crippen LogP) is 3.32. The van der Waals surface area contributed by atoms with Gasteiger partial charge in [-0.05, 0) is 38.8 Å². The van der Waals surface area contributed by atoms with Crippen LogP contribution >= 0.6 is 0 Å². The van der Waals surface area contributed by atoms with Crippen molar-refractivity contribution in [2.45, 2.75) is 39.7 Å². The number of carbonyl (C=O) groups is 1. The smallest absolute Gasteiger partial charge is 0.337 e. The van der Waals surface area contributed by atoms with Gasteiger partial charge in [-0.15, -0.1) is 0 Å². The minimum Gasteiger partial charge on any atom is -0.478 e. The van der Waals surface area contributed by atoms with Crippen molar-refractivity contribution in [3.63, 3.8) is 0 Å². The third-order valence-electron chi connectivity index (χ3n) is 3.58. The van der Waals surface area contributed by atoms with Gasteiger partial charge in [0, 0.05) is 12.6 Å². The number of para-hydroxylation sites is 1. The lowest BCUT2D eigenvalue weighted by Crippen LogP contribution is -2.41. The Bertz CT molecular complexity index is 424. The first-order chi connectivity index (χ1) is 7.81. The molecule has 0 atom stereocenters. The van der Waals surface area contributed by atoms with Crippen LogP contribution in [0.4, 0.5) is 5.69 Å². The maximum absolute atomic E-state index is 11.3. The van der Waals surface area contributed by atoms with E-state index in [9.17, 15) is 9.90 Å². The van der Waals surface area contributed by atoms with Crippen molar-refractivity contribution in [3.05, 3.63) is 29.3 Å². The van der Waals surface area contributed by atoms with Gasteiger partial charge in [0.15, 0.2) is 0 Å². The van der Waals surface area contributed by atoms with Crippen LogP contribution in [-0.4, -0.2) is 23.7 Å². The van der Waals surface area contributed by atoms with Gasteiger partial charge in [-0.2, -0.15) is 0 Å². The topological polar surface area (TPSA) is 40.5 Å². The van der Waals surface area contributed by atoms with E-state index in [1.54, 1.807) is 12.1 Å². The highest BCUT2D eigenvalue weighted by atomic mass is 16.4. The van der Waals surface area contributed by atoms with Crippen LogP contribution in [0.5, 0.6) is 0 Å². The van der Waals surface area contributed by atoms with Gasteiger partial charge in [0.1, 0.15) is 0 Å². The fourth-order valence-electron chi connectivity index (χ4n) is 1.82. The number of rotatable bonds is 4. The maximum Gasteiger partial charge on any atom is 0.337 e. The summed E-state index contributed by atoms with van der Waals surface area (Å²) < 4.78 is 0. The number of carboxylic acid groups (broad SMARTS) is 1. The summed E-state index contributed by atoms with van der Waals surface area (Å²) in [6, 6.07) is 5.39. The molecule has 3 nitrogen and oxygen atoms in total. The molecule has 3 heteroatoms. The zero-order chi connectivity index (χ0) is 13.2. The second-order valence-electron chi connectivity index (χ2n) is 5.00. The Hall–Kier alpha value is -1.51. The number of carboxylic acids is 1. The standard InChI is InChI=1S/C14H21NO2/c1-6-14(3,4)15(5)12-10(2)8-7-9-11(12)13(16)17/h7-9H,6H2,1-5H3,(H,16,17). The van der Waals surface area contributed by atoms with Gasteiger partial charge in [-0.3, -0.25) is 0 Å². The van der Waals surface area contributed by atoms with Gasteiger partial charge in [0.05, 0.1) is 11.3 Å². The summed E-state index contributed by atoms with van der Waals surface area (Å²) in [4.78, 5) is 13.3. The Morgan fingerprint density at radius 3 is 2.47 bits per heavy atom. The predicted molar refractivity (Wildman–Crippen MR) is 70.9 cm³/mol. The van der Waals surface area contributed by atoms with Crippen molar-refractivity contribution in [1.82, 2.24) is 0 Å². The monoisotopic (exact) mass is 235 g/mol. The molecule has 0 amide bonds. The zero-order valence-electron chi connectivity index (χ0n) is 11.2. The largest absolute Gasteiger partial charge is 0.478 e. The fourth-order valence-corrected chi connectivity index (χ4v) is 1.82. The van der Waals surface area contributed by atoms with Crippen molar-refractivity contribution in [1.29, 1.82) is 0 Å². The quantitative estimate of drug-likeness (QED) is 0.870. The molecule has 94 valence electrons. The molecule has 1 aromatic rings. The van der Waals surface area contributed by atoms with Crippen LogP contribution in [-0.2, 0) is 0 Å². The molecule has 0 aliphatic carbocycles. The summed E-state index contributed by atoms with van der Waals surface area (Å²) >= 11 is 0. The van der Waals surface area contributed by atoms with E-state index in [1.807, 2.05) is 20.0 Å². The highest BCUT2D eigenvalue weighted by Crippen LogP contribution is 2.31. The van der Waals surface area contributed by atoms with E-state index in [1.165, 1.54) is 0 Å². The van der Waals surface area contributed by atoms with Crippen LogP contribution in [0.1, 0.15) is 43.1 Å². The van der Waals surface area contributed by atoms with E-state index in [0.717, 1.165) is 17.7 Å². The van der Waals surface area contributed by atoms with Gasteiger partial charge in [-0.1, -0.05) is 19.1 Å². The number of anilines is 1. The van der Waals surface area contributed by atoms with E-state index >= 15 is 0 Å². The number of aryl methyl sites for hydroxylation is 1. The summed E-state index contributed by atoms with van der Waals surface area (Å²) in [6.07, 6.45) is 0.955. The molecule has 0 bridgehead atoms. The summed E-state index contributed by atoms with van der Waals surface area (Å²) in [5, 5.41) is 9.25. The van der Waals surface area contributed by atoms with Crippen LogP contribution in [0.3, 0.4) is 0 Å². The lowest BCUT2D eigenvalue weighted by atomic mass is 9.96. The Kier molecular flexibility index (Phi) is 3.81. The van der Waals surface area contributed by atoms with Crippen LogP contribution in [0.25, 0.3) is 0 Å². The SMILES string of the molecule is CCC(C)(C)N(C)c1c(C)cccc1C(=O)O. The highest BCUT2D eigenvalue weighted by molar-refractivity contribution is 5.95. The summed E-state index contributed by atoms with van der Waals surface area (Å²) in [6.45, 7) is 8.29. The summed E-state index contributed by atoms with van der Waals surface area (Å²) in [5.74, 6) is -0.873. The second kappa shape index (κ2) is 4.78. The summed E-state index contributed by atoms with van der Waals surface area (Å²) in [5.41, 5.74) is 2.12. The highest BCUT2D eigenvalue weighted by Gasteiger charge is 2.26. The normalized spacial score (nSPS) is 11.4. The van der Waals surface area contributed by atoms with Gasteiger partial charge in [0.25, 0.3) is 0 Å². The number of nitrogens with zero attached hydrogens (tertiary/aromatic N) is 1. The van der Waals surface area contributed by atoms with Gasteiger partial charge in [-0.25, -0.2) is 4.79 Å². The molecular weight excluding hydrogens is 214 g/mol. The van der Waals surface area contributed by atoms with Gasteiger partial charge >= 0.3 is 5.97 Å². The molecule has 0 aromatic heterocycles. The van der Waals surface area contributed by atoms with Crippen LogP contribution in [0.2, 0.25) is 0 Å². The lowest BCUT2D eigenvalue weighted by Gasteiger charge is -2.38. The molecule has 0 aliphatic heterocycles. The molecule has 17 heavy (non-hydrogen) atoms. The molecule has 0 heterocycles. The van der Waals surface area contributed by atoms with Crippen molar-refractivity contribution in [2.75, 3.05) is 11.9 Å². The van der Waals surface area contributed by atoms with E-state index in [4.69, 9.17) is 0 Å². The number of hydrogen-bond acceptors (Lipinski definition) is 2.